The Labute approximate surface area is 144 Å². The molecule has 132 valence electrons. The number of nitrogens with zero attached hydrogens (tertiary/aromatic N) is 3. The van der Waals surface area contributed by atoms with Crippen LogP contribution in [0.3, 0.4) is 0 Å². The molecule has 7 nitrogen and oxygen atoms in total. The van der Waals surface area contributed by atoms with Gasteiger partial charge in [-0.25, -0.2) is 13.8 Å². The van der Waals surface area contributed by atoms with Gasteiger partial charge in [0.2, 0.25) is 5.91 Å². The molecule has 2 aliphatic heterocycles. The number of hydrogen-bond acceptors (Lipinski definition) is 5. The average molecular weight is 374 g/mol. The lowest BCUT2D eigenvalue weighted by atomic mass is 10.1. The molecule has 0 spiro atoms. The highest BCUT2D eigenvalue weighted by Crippen LogP contribution is 2.27. The molecule has 2 aliphatic rings. The first-order valence-corrected chi connectivity index (χ1v) is 6.85. The lowest BCUT2D eigenvalue weighted by Gasteiger charge is -2.33. The largest absolute Gasteiger partial charge is 0.366 e. The van der Waals surface area contributed by atoms with Gasteiger partial charge in [-0.3, -0.25) is 15.2 Å². The van der Waals surface area contributed by atoms with Crippen molar-refractivity contribution in [3.63, 3.8) is 0 Å². The zero-order chi connectivity index (χ0) is 15.0. The number of hydrogen-bond donors (Lipinski definition) is 2. The van der Waals surface area contributed by atoms with Gasteiger partial charge >= 0.3 is 0 Å². The van der Waals surface area contributed by atoms with Crippen LogP contribution < -0.4 is 5.32 Å². The first kappa shape index (κ1) is 20.0. The lowest BCUT2D eigenvalue weighted by molar-refractivity contribution is -0.141. The van der Waals surface area contributed by atoms with Gasteiger partial charge in [-0.15, -0.1) is 24.8 Å². The van der Waals surface area contributed by atoms with Gasteiger partial charge in [0.05, 0.1) is 25.7 Å². The molecule has 1 aromatic heterocycles. The van der Waals surface area contributed by atoms with E-state index in [0.29, 0.717) is 24.8 Å². The van der Waals surface area contributed by atoms with E-state index in [1.807, 2.05) is 0 Å². The summed E-state index contributed by atoms with van der Waals surface area (Å²) in [6.07, 6.45) is -0.872. The summed E-state index contributed by atoms with van der Waals surface area (Å²) in [6, 6.07) is -0.826. The predicted molar refractivity (Wildman–Crippen MR) is 82.2 cm³/mol. The molecule has 2 saturated heterocycles. The number of H-pyrrole nitrogens is 1. The number of aromatic amines is 1. The quantitative estimate of drug-likeness (QED) is 0.802. The lowest BCUT2D eigenvalue weighted by Crippen LogP contribution is -2.49. The van der Waals surface area contributed by atoms with E-state index in [9.17, 15) is 13.6 Å². The molecule has 1 aromatic rings. The minimum atomic E-state index is -2.81. The van der Waals surface area contributed by atoms with Gasteiger partial charge in [-0.2, -0.15) is 5.10 Å². The van der Waals surface area contributed by atoms with E-state index in [-0.39, 0.29) is 37.3 Å². The Bertz CT molecular complexity index is 545. The number of carbonyl (C=O) groups excluding carboxylic acids is 1. The van der Waals surface area contributed by atoms with Crippen LogP contribution in [-0.2, 0) is 9.53 Å². The Morgan fingerprint density at radius 3 is 2.74 bits per heavy atom. The zero-order valence-electron chi connectivity index (χ0n) is 12.4. The molecule has 2 atom stereocenters. The van der Waals surface area contributed by atoms with E-state index in [1.165, 1.54) is 0 Å². The highest BCUT2D eigenvalue weighted by atomic mass is 35.5. The molecule has 2 fully saturated rings. The van der Waals surface area contributed by atoms with Gasteiger partial charge in [0, 0.05) is 13.0 Å². The van der Waals surface area contributed by atoms with E-state index in [0.717, 1.165) is 0 Å². The second-order valence-corrected chi connectivity index (χ2v) is 5.42. The van der Waals surface area contributed by atoms with E-state index in [1.54, 1.807) is 11.8 Å². The van der Waals surface area contributed by atoms with E-state index in [2.05, 4.69) is 20.5 Å². The summed E-state index contributed by atoms with van der Waals surface area (Å²) >= 11 is 0. The van der Waals surface area contributed by atoms with Crippen molar-refractivity contribution in [2.75, 3.05) is 26.2 Å². The maximum atomic E-state index is 13.2. The van der Waals surface area contributed by atoms with Gasteiger partial charge in [-0.1, -0.05) is 0 Å². The first-order chi connectivity index (χ1) is 9.94. The smallest absolute Gasteiger partial charge is 0.262 e. The third kappa shape index (κ3) is 4.50. The highest BCUT2D eigenvalue weighted by Gasteiger charge is 2.44. The second kappa shape index (κ2) is 7.69. The fourth-order valence-electron chi connectivity index (χ4n) is 2.62. The number of rotatable bonds is 2. The predicted octanol–water partition coefficient (Wildman–Crippen LogP) is 0.854. The normalized spacial score (nSPS) is 26.3. The SMILES string of the molecule is Cc1nc(C2CN(C(=O)C3CC(F)(F)CN3)CCO2)n[nH]1.Cl.Cl. The second-order valence-electron chi connectivity index (χ2n) is 5.42. The summed E-state index contributed by atoms with van der Waals surface area (Å²) in [5.74, 6) is -1.98. The van der Waals surface area contributed by atoms with Crippen molar-refractivity contribution >= 4 is 30.7 Å². The van der Waals surface area contributed by atoms with Crippen molar-refractivity contribution < 1.29 is 18.3 Å². The average Bonchev–Trinajstić information content (AvgIpc) is 3.04. The molecule has 0 aliphatic carbocycles. The van der Waals surface area contributed by atoms with Crippen molar-refractivity contribution in [2.45, 2.75) is 31.4 Å². The third-order valence-electron chi connectivity index (χ3n) is 3.69. The molecule has 11 heteroatoms. The van der Waals surface area contributed by atoms with Crippen molar-refractivity contribution in [2.24, 2.45) is 0 Å². The van der Waals surface area contributed by atoms with Crippen molar-refractivity contribution in [1.29, 1.82) is 0 Å². The summed E-state index contributed by atoms with van der Waals surface area (Å²) in [5, 5.41) is 9.32. The van der Waals surface area contributed by atoms with Crippen LogP contribution in [0, 0.1) is 6.92 Å². The number of carbonyl (C=O) groups is 1. The molecule has 0 aromatic carbocycles. The number of nitrogens with one attached hydrogen (secondary N) is 2. The Hall–Kier alpha value is -1.03. The number of aromatic nitrogens is 3. The van der Waals surface area contributed by atoms with Crippen LogP contribution in [0.4, 0.5) is 8.78 Å². The molecule has 23 heavy (non-hydrogen) atoms. The van der Waals surface area contributed by atoms with Crippen LogP contribution in [0.5, 0.6) is 0 Å². The Morgan fingerprint density at radius 1 is 1.43 bits per heavy atom. The fourth-order valence-corrected chi connectivity index (χ4v) is 2.62. The van der Waals surface area contributed by atoms with E-state index < -0.39 is 31.0 Å². The molecule has 0 bridgehead atoms. The van der Waals surface area contributed by atoms with Gasteiger partial charge in [0.25, 0.3) is 5.92 Å². The molecule has 2 N–H and O–H groups in total. The molecule has 3 heterocycles. The molecule has 2 unspecified atom stereocenters. The summed E-state index contributed by atoms with van der Waals surface area (Å²) < 4.78 is 31.9. The van der Waals surface area contributed by atoms with Crippen LogP contribution in [0.15, 0.2) is 0 Å². The maximum Gasteiger partial charge on any atom is 0.262 e. The Morgan fingerprint density at radius 2 is 2.17 bits per heavy atom. The highest BCUT2D eigenvalue weighted by molar-refractivity contribution is 5.85. The van der Waals surface area contributed by atoms with Gasteiger partial charge in [0.1, 0.15) is 11.9 Å². The number of ether oxygens (including phenoxy) is 1. The minimum Gasteiger partial charge on any atom is -0.366 e. The number of amides is 1. The zero-order valence-corrected chi connectivity index (χ0v) is 14.1. The molecule has 1 amide bonds. The Balaban J connectivity index is 0.00000132. The molecular weight excluding hydrogens is 355 g/mol. The maximum absolute atomic E-state index is 13.2. The van der Waals surface area contributed by atoms with Gasteiger partial charge < -0.3 is 9.64 Å². The van der Waals surface area contributed by atoms with Gasteiger partial charge in [-0.05, 0) is 6.92 Å². The number of alkyl halides is 2. The molecule has 0 radical (unpaired) electrons. The van der Waals surface area contributed by atoms with E-state index >= 15 is 0 Å². The van der Waals surface area contributed by atoms with Crippen molar-refractivity contribution in [1.82, 2.24) is 25.4 Å². The number of aryl methyl sites for hydroxylation is 1. The van der Waals surface area contributed by atoms with Crippen molar-refractivity contribution in [3.05, 3.63) is 11.6 Å². The minimum absolute atomic E-state index is 0. The van der Waals surface area contributed by atoms with Crippen LogP contribution in [0.25, 0.3) is 0 Å². The Kier molecular flexibility index (Phi) is 6.70. The number of morpholine rings is 1. The van der Waals surface area contributed by atoms with Crippen LogP contribution in [-0.4, -0.2) is 64.2 Å². The third-order valence-corrected chi connectivity index (χ3v) is 3.69. The topological polar surface area (TPSA) is 83.1 Å². The van der Waals surface area contributed by atoms with Crippen LogP contribution >= 0.6 is 24.8 Å². The molecule has 3 rings (SSSR count). The van der Waals surface area contributed by atoms with Crippen LogP contribution in [0.1, 0.15) is 24.2 Å². The monoisotopic (exact) mass is 373 g/mol. The summed E-state index contributed by atoms with van der Waals surface area (Å²) in [6.45, 7) is 2.33. The van der Waals surface area contributed by atoms with Gasteiger partial charge in [0.15, 0.2) is 5.82 Å². The molecular formula is C12H19Cl2F2N5O2. The number of halogens is 4. The summed E-state index contributed by atoms with van der Waals surface area (Å²) in [5.41, 5.74) is 0. The van der Waals surface area contributed by atoms with Crippen molar-refractivity contribution in [3.8, 4) is 0 Å². The van der Waals surface area contributed by atoms with Crippen LogP contribution in [0.2, 0.25) is 0 Å². The summed E-state index contributed by atoms with van der Waals surface area (Å²) in [7, 11) is 0. The van der Waals surface area contributed by atoms with E-state index in [4.69, 9.17) is 4.74 Å². The summed E-state index contributed by atoms with van der Waals surface area (Å²) in [4.78, 5) is 18.0. The standard InChI is InChI=1S/C12H17F2N5O2.2ClH/c1-7-16-10(18-17-7)9-5-19(2-3-21-9)11(20)8-4-12(13,14)6-15-8;;/h8-9,15H,2-6H2,1H3,(H,16,17,18);2*1H. The first-order valence-electron chi connectivity index (χ1n) is 6.85. The fraction of sp³-hybridized carbons (Fsp3) is 0.750. The molecule has 0 saturated carbocycles.